The van der Waals surface area contributed by atoms with Crippen molar-refractivity contribution in [3.05, 3.63) is 95.6 Å². The molecule has 0 saturated carbocycles. The van der Waals surface area contributed by atoms with E-state index in [1.54, 1.807) is 12.1 Å². The molecule has 1 heterocycles. The number of nitrogens with zero attached hydrogens (tertiary/aromatic N) is 1. The zero-order valence-electron chi connectivity index (χ0n) is 23.1. The number of likely N-dealkylation sites (tertiary alicyclic amines) is 1. The number of sulfonamides is 1. The third kappa shape index (κ3) is 7.04. The lowest BCUT2D eigenvalue weighted by Crippen LogP contribution is -2.42. The monoisotopic (exact) mass is 533 g/mol. The Morgan fingerprint density at radius 1 is 0.947 bits per heavy atom. The van der Waals surface area contributed by atoms with Crippen molar-refractivity contribution < 1.29 is 8.42 Å². The number of nitrogens with two attached hydrogens (primary N) is 1. The average molecular weight is 534 g/mol. The summed E-state index contributed by atoms with van der Waals surface area (Å²) in [5, 5.41) is 0. The Kier molecular flexibility index (Phi) is 9.29. The molecule has 1 aliphatic heterocycles. The summed E-state index contributed by atoms with van der Waals surface area (Å²) >= 11 is 0. The van der Waals surface area contributed by atoms with E-state index in [0.717, 1.165) is 43.6 Å². The number of benzene rings is 3. The molecule has 5 nitrogen and oxygen atoms in total. The molecule has 6 heteroatoms. The molecule has 0 radical (unpaired) electrons. The van der Waals surface area contributed by atoms with E-state index in [1.807, 2.05) is 43.3 Å². The first kappa shape index (κ1) is 28.3. The van der Waals surface area contributed by atoms with Gasteiger partial charge in [-0.1, -0.05) is 92.9 Å². The average Bonchev–Trinajstić information content (AvgIpc) is 2.91. The minimum Gasteiger partial charge on any atom is -0.321 e. The molecule has 3 N–H and O–H groups in total. The summed E-state index contributed by atoms with van der Waals surface area (Å²) in [7, 11) is -3.63. The number of piperidine rings is 1. The fourth-order valence-electron chi connectivity index (χ4n) is 5.55. The molecule has 38 heavy (non-hydrogen) atoms. The van der Waals surface area contributed by atoms with E-state index in [0.29, 0.717) is 17.5 Å². The van der Waals surface area contributed by atoms with Gasteiger partial charge in [-0.2, -0.15) is 0 Å². The number of para-hydroxylation sites is 1. The smallest absolute Gasteiger partial charge is 0.261 e. The quantitative estimate of drug-likeness (QED) is 0.288. The lowest BCUT2D eigenvalue weighted by atomic mass is 9.76. The van der Waals surface area contributed by atoms with Crippen LogP contribution in [0.15, 0.2) is 83.8 Å². The molecule has 1 unspecified atom stereocenters. The van der Waals surface area contributed by atoms with Crippen molar-refractivity contribution in [2.45, 2.75) is 69.9 Å². The van der Waals surface area contributed by atoms with Crippen molar-refractivity contribution in [3.63, 3.8) is 0 Å². The Hall–Kier alpha value is -2.67. The third-order valence-electron chi connectivity index (χ3n) is 8.24. The summed E-state index contributed by atoms with van der Waals surface area (Å²) in [6.07, 6.45) is 5.68. The molecular weight excluding hydrogens is 490 g/mol. The Labute approximate surface area is 229 Å². The summed E-state index contributed by atoms with van der Waals surface area (Å²) in [6, 6.07) is 25.2. The van der Waals surface area contributed by atoms with Gasteiger partial charge in [-0.25, -0.2) is 8.42 Å². The fourth-order valence-corrected chi connectivity index (χ4v) is 6.65. The Bertz CT molecular complexity index is 1270. The van der Waals surface area contributed by atoms with Gasteiger partial charge in [0.05, 0.1) is 10.6 Å². The van der Waals surface area contributed by atoms with Crippen LogP contribution in [-0.4, -0.2) is 26.4 Å². The topological polar surface area (TPSA) is 75.4 Å². The normalized spacial score (nSPS) is 16.9. The molecule has 0 aliphatic carbocycles. The van der Waals surface area contributed by atoms with Crippen LogP contribution < -0.4 is 10.5 Å². The summed E-state index contributed by atoms with van der Waals surface area (Å²) in [6.45, 7) is 9.20. The number of anilines is 1. The van der Waals surface area contributed by atoms with Gasteiger partial charge in [0.2, 0.25) is 0 Å². The van der Waals surface area contributed by atoms with E-state index < -0.39 is 10.0 Å². The van der Waals surface area contributed by atoms with Crippen LogP contribution in [0.1, 0.15) is 62.6 Å². The molecule has 1 saturated heterocycles. The Balaban J connectivity index is 1.30. The van der Waals surface area contributed by atoms with Gasteiger partial charge >= 0.3 is 0 Å². The zero-order valence-corrected chi connectivity index (χ0v) is 23.9. The van der Waals surface area contributed by atoms with Crippen LogP contribution in [0.3, 0.4) is 0 Å². The van der Waals surface area contributed by atoms with E-state index >= 15 is 0 Å². The predicted octanol–water partition coefficient (Wildman–Crippen LogP) is 6.69. The first-order valence-corrected chi connectivity index (χ1v) is 15.4. The van der Waals surface area contributed by atoms with E-state index in [9.17, 15) is 8.42 Å². The maximum Gasteiger partial charge on any atom is 0.261 e. The summed E-state index contributed by atoms with van der Waals surface area (Å²) in [4.78, 5) is 2.73. The lowest BCUT2D eigenvalue weighted by Gasteiger charge is -2.36. The number of hydrogen-bond donors (Lipinski definition) is 2. The molecule has 204 valence electrons. The molecule has 0 amide bonds. The van der Waals surface area contributed by atoms with E-state index in [4.69, 9.17) is 5.73 Å². The lowest BCUT2D eigenvalue weighted by molar-refractivity contribution is 0.166. The minimum atomic E-state index is -3.63. The fraction of sp³-hybridized carbons (Fsp3) is 0.438. The number of nitrogens with one attached hydrogen (secondary N) is 1. The highest BCUT2D eigenvalue weighted by Crippen LogP contribution is 2.34. The zero-order chi connectivity index (χ0) is 27.2. The second-order valence-corrected chi connectivity index (χ2v) is 12.9. The molecule has 0 bridgehead atoms. The maximum atomic E-state index is 13.0. The minimum absolute atomic E-state index is 0.280. The van der Waals surface area contributed by atoms with Gasteiger partial charge in [0, 0.05) is 12.1 Å². The highest BCUT2D eigenvalue weighted by atomic mass is 32.2. The van der Waals surface area contributed by atoms with Crippen LogP contribution in [-0.2, 0) is 22.1 Å². The number of rotatable bonds is 11. The Morgan fingerprint density at radius 2 is 1.58 bits per heavy atom. The molecule has 3 aromatic carbocycles. The van der Waals surface area contributed by atoms with Gasteiger partial charge < -0.3 is 5.73 Å². The van der Waals surface area contributed by atoms with Crippen LogP contribution >= 0.6 is 0 Å². The highest BCUT2D eigenvalue weighted by molar-refractivity contribution is 7.92. The summed E-state index contributed by atoms with van der Waals surface area (Å²) in [5.74, 6) is 1.10. The van der Waals surface area contributed by atoms with Crippen molar-refractivity contribution in [3.8, 4) is 0 Å². The van der Waals surface area contributed by atoms with Crippen molar-refractivity contribution in [1.82, 2.24) is 4.90 Å². The molecular formula is C32H43N3O2S. The molecule has 1 fully saturated rings. The first-order valence-electron chi connectivity index (χ1n) is 13.9. The standard InChI is InChI=1S/C32H43N3O2S/c1-25(2)32(33,29-12-5-4-6-13-29)21-9-10-27-19-22-35(23-20-27)24-28-11-7-8-14-31(28)34-38(36,37)30-17-15-26(3)16-18-30/h4-8,11-18,25,27,34H,9-10,19-24,33H2,1-3H3. The van der Waals surface area contributed by atoms with Gasteiger partial charge in [-0.15, -0.1) is 0 Å². The molecule has 0 spiro atoms. The van der Waals surface area contributed by atoms with E-state index in [1.165, 1.54) is 24.8 Å². The van der Waals surface area contributed by atoms with Crippen molar-refractivity contribution in [1.29, 1.82) is 0 Å². The highest BCUT2D eigenvalue weighted by Gasteiger charge is 2.31. The van der Waals surface area contributed by atoms with Gasteiger partial charge in [-0.05, 0) is 80.4 Å². The maximum absolute atomic E-state index is 13.0. The number of hydrogen-bond acceptors (Lipinski definition) is 4. The van der Waals surface area contributed by atoms with Gasteiger partial charge in [0.1, 0.15) is 0 Å². The first-order chi connectivity index (χ1) is 18.2. The van der Waals surface area contributed by atoms with Crippen LogP contribution in [0.4, 0.5) is 5.69 Å². The second-order valence-electron chi connectivity index (χ2n) is 11.2. The van der Waals surface area contributed by atoms with Gasteiger partial charge in [0.25, 0.3) is 10.0 Å². The summed E-state index contributed by atoms with van der Waals surface area (Å²) in [5.41, 5.74) is 10.6. The van der Waals surface area contributed by atoms with Gasteiger partial charge in [-0.3, -0.25) is 9.62 Å². The van der Waals surface area contributed by atoms with E-state index in [2.05, 4.69) is 53.8 Å². The van der Waals surface area contributed by atoms with Crippen molar-refractivity contribution in [2.75, 3.05) is 17.8 Å². The molecule has 1 aliphatic rings. The van der Waals surface area contributed by atoms with Crippen LogP contribution in [0.25, 0.3) is 0 Å². The summed E-state index contributed by atoms with van der Waals surface area (Å²) < 4.78 is 28.8. The molecule has 4 rings (SSSR count). The van der Waals surface area contributed by atoms with Crippen LogP contribution in [0, 0.1) is 18.8 Å². The molecule has 1 atom stereocenters. The number of aryl methyl sites for hydroxylation is 1. The largest absolute Gasteiger partial charge is 0.321 e. The third-order valence-corrected chi connectivity index (χ3v) is 9.62. The molecule has 3 aromatic rings. The second kappa shape index (κ2) is 12.5. The van der Waals surface area contributed by atoms with Crippen LogP contribution in [0.2, 0.25) is 0 Å². The predicted molar refractivity (Wildman–Crippen MR) is 157 cm³/mol. The van der Waals surface area contributed by atoms with Crippen LogP contribution in [0.5, 0.6) is 0 Å². The Morgan fingerprint density at radius 3 is 2.24 bits per heavy atom. The van der Waals surface area contributed by atoms with Gasteiger partial charge in [0.15, 0.2) is 0 Å². The SMILES string of the molecule is Cc1ccc(S(=O)(=O)Nc2ccccc2CN2CCC(CCCC(N)(c3ccccc3)C(C)C)CC2)cc1. The van der Waals surface area contributed by atoms with Crippen molar-refractivity contribution >= 4 is 15.7 Å². The van der Waals surface area contributed by atoms with E-state index in [-0.39, 0.29) is 10.4 Å². The molecule has 0 aromatic heterocycles. The van der Waals surface area contributed by atoms with Crippen molar-refractivity contribution in [2.24, 2.45) is 17.6 Å².